The number of carboxylic acid groups (broad SMARTS) is 1. The highest BCUT2D eigenvalue weighted by atomic mass is 16.5. The van der Waals surface area contributed by atoms with E-state index in [0.717, 1.165) is 0 Å². The molecular formula is C13H10N4O4. The monoisotopic (exact) mass is 286 g/mol. The van der Waals surface area contributed by atoms with Gasteiger partial charge >= 0.3 is 5.97 Å². The summed E-state index contributed by atoms with van der Waals surface area (Å²) in [5.41, 5.74) is 0.899. The average Bonchev–Trinajstić information content (AvgIpc) is 2.97. The second kappa shape index (κ2) is 5.08. The van der Waals surface area contributed by atoms with Gasteiger partial charge in [-0.3, -0.25) is 0 Å². The number of carbonyl (C=O) groups is 1. The van der Waals surface area contributed by atoms with E-state index in [2.05, 4.69) is 19.9 Å². The van der Waals surface area contributed by atoms with Crippen molar-refractivity contribution in [1.29, 1.82) is 0 Å². The summed E-state index contributed by atoms with van der Waals surface area (Å²) < 4.78 is 10.6. The molecule has 2 aromatic heterocycles. The molecule has 0 unspecified atom stereocenters. The highest BCUT2D eigenvalue weighted by molar-refractivity contribution is 5.91. The Hall–Kier alpha value is -3.16. The minimum absolute atomic E-state index is 0.0272. The number of rotatable bonds is 4. The van der Waals surface area contributed by atoms with Gasteiger partial charge in [-0.15, -0.1) is 0 Å². The van der Waals surface area contributed by atoms with Gasteiger partial charge in [0.15, 0.2) is 5.65 Å². The molecule has 2 heterocycles. The van der Waals surface area contributed by atoms with Crippen LogP contribution in [0.2, 0.25) is 0 Å². The molecular weight excluding hydrogens is 276 g/mol. The second-order valence-electron chi connectivity index (χ2n) is 4.05. The molecule has 0 saturated heterocycles. The number of aromatic carboxylic acids is 1. The fourth-order valence-corrected chi connectivity index (χ4v) is 1.82. The highest BCUT2D eigenvalue weighted by Crippen LogP contribution is 2.30. The van der Waals surface area contributed by atoms with Crippen LogP contribution in [0.15, 0.2) is 30.9 Å². The van der Waals surface area contributed by atoms with Gasteiger partial charge in [0.05, 0.1) is 13.4 Å². The fraction of sp³-hybridized carbons (Fsp3) is 0.0769. The van der Waals surface area contributed by atoms with Crippen LogP contribution in [0.3, 0.4) is 0 Å². The zero-order valence-corrected chi connectivity index (χ0v) is 10.9. The number of aromatic nitrogens is 4. The van der Waals surface area contributed by atoms with E-state index >= 15 is 0 Å². The number of methoxy groups -OCH3 is 1. The molecule has 0 aliphatic rings. The Morgan fingerprint density at radius 3 is 2.90 bits per heavy atom. The Balaban J connectivity index is 2.05. The molecule has 8 nitrogen and oxygen atoms in total. The van der Waals surface area contributed by atoms with Crippen LogP contribution in [-0.4, -0.2) is 38.1 Å². The quantitative estimate of drug-likeness (QED) is 0.752. The normalized spacial score (nSPS) is 10.5. The molecule has 0 spiro atoms. The van der Waals surface area contributed by atoms with Gasteiger partial charge in [0.2, 0.25) is 5.88 Å². The Morgan fingerprint density at radius 1 is 1.29 bits per heavy atom. The minimum atomic E-state index is -1.13. The number of hydrogen-bond donors (Lipinski definition) is 2. The minimum Gasteiger partial charge on any atom is -0.497 e. The van der Waals surface area contributed by atoms with Crippen LogP contribution in [0.1, 0.15) is 10.4 Å². The third kappa shape index (κ3) is 2.34. The molecule has 0 atom stereocenters. The van der Waals surface area contributed by atoms with Crippen LogP contribution in [0.4, 0.5) is 0 Å². The third-order valence-corrected chi connectivity index (χ3v) is 2.81. The number of aromatic amines is 1. The lowest BCUT2D eigenvalue weighted by atomic mass is 10.2. The van der Waals surface area contributed by atoms with Crippen molar-refractivity contribution in [3.63, 3.8) is 0 Å². The maximum atomic E-state index is 11.3. The maximum Gasteiger partial charge on any atom is 0.339 e. The van der Waals surface area contributed by atoms with Gasteiger partial charge in [-0.2, -0.15) is 4.98 Å². The van der Waals surface area contributed by atoms with Crippen molar-refractivity contribution in [2.75, 3.05) is 7.11 Å². The van der Waals surface area contributed by atoms with Gasteiger partial charge in [0.1, 0.15) is 28.9 Å². The smallest absolute Gasteiger partial charge is 0.339 e. The number of imidazole rings is 1. The second-order valence-corrected chi connectivity index (χ2v) is 4.05. The molecule has 3 aromatic rings. The van der Waals surface area contributed by atoms with Crippen molar-refractivity contribution in [1.82, 2.24) is 19.9 Å². The number of nitrogens with zero attached hydrogens (tertiary/aromatic N) is 3. The van der Waals surface area contributed by atoms with Gasteiger partial charge < -0.3 is 19.6 Å². The summed E-state index contributed by atoms with van der Waals surface area (Å²) in [6.45, 7) is 0. The molecule has 0 radical (unpaired) electrons. The summed E-state index contributed by atoms with van der Waals surface area (Å²) in [5, 5.41) is 9.25. The molecule has 2 N–H and O–H groups in total. The van der Waals surface area contributed by atoms with Crippen LogP contribution >= 0.6 is 0 Å². The summed E-state index contributed by atoms with van der Waals surface area (Å²) >= 11 is 0. The molecule has 0 aliphatic heterocycles. The van der Waals surface area contributed by atoms with Gasteiger partial charge in [-0.1, -0.05) is 0 Å². The summed E-state index contributed by atoms with van der Waals surface area (Å²) in [6, 6.07) is 4.49. The lowest BCUT2D eigenvalue weighted by molar-refractivity contribution is 0.0693. The number of fused-ring (bicyclic) bond motifs is 1. The van der Waals surface area contributed by atoms with E-state index in [1.165, 1.54) is 31.9 Å². The molecule has 0 saturated carbocycles. The molecule has 21 heavy (non-hydrogen) atoms. The Labute approximate surface area is 118 Å². The van der Waals surface area contributed by atoms with E-state index in [9.17, 15) is 9.90 Å². The maximum absolute atomic E-state index is 11.3. The zero-order chi connectivity index (χ0) is 14.8. The van der Waals surface area contributed by atoms with Gasteiger partial charge in [-0.05, 0) is 18.2 Å². The third-order valence-electron chi connectivity index (χ3n) is 2.81. The Morgan fingerprint density at radius 2 is 2.14 bits per heavy atom. The number of ether oxygens (including phenoxy) is 2. The summed E-state index contributed by atoms with van der Waals surface area (Å²) in [5.74, 6) is -0.351. The molecule has 0 amide bonds. The van der Waals surface area contributed by atoms with Crippen molar-refractivity contribution in [3.05, 3.63) is 36.4 Å². The lowest BCUT2D eigenvalue weighted by Gasteiger charge is -2.09. The van der Waals surface area contributed by atoms with Crippen molar-refractivity contribution in [2.45, 2.75) is 0 Å². The van der Waals surface area contributed by atoms with Crippen molar-refractivity contribution < 1.29 is 19.4 Å². The first-order valence-electron chi connectivity index (χ1n) is 5.92. The first kappa shape index (κ1) is 12.9. The van der Waals surface area contributed by atoms with Crippen molar-refractivity contribution in [2.24, 2.45) is 0 Å². The summed E-state index contributed by atoms with van der Waals surface area (Å²) in [7, 11) is 1.46. The van der Waals surface area contributed by atoms with Crippen LogP contribution in [0, 0.1) is 0 Å². The molecule has 106 valence electrons. The number of nitrogens with one attached hydrogen (secondary N) is 1. The lowest BCUT2D eigenvalue weighted by Crippen LogP contribution is -2.02. The van der Waals surface area contributed by atoms with Gasteiger partial charge in [0.25, 0.3) is 0 Å². The largest absolute Gasteiger partial charge is 0.497 e. The summed E-state index contributed by atoms with van der Waals surface area (Å²) in [4.78, 5) is 26.1. The van der Waals surface area contributed by atoms with E-state index in [1.54, 1.807) is 6.07 Å². The molecule has 3 rings (SSSR count). The number of benzene rings is 1. The first-order valence-corrected chi connectivity index (χ1v) is 5.92. The molecule has 1 aromatic carbocycles. The summed E-state index contributed by atoms with van der Waals surface area (Å²) in [6.07, 6.45) is 2.75. The average molecular weight is 286 g/mol. The van der Waals surface area contributed by atoms with Gasteiger partial charge in [-0.25, -0.2) is 14.8 Å². The van der Waals surface area contributed by atoms with Crippen LogP contribution in [-0.2, 0) is 0 Å². The number of carboxylic acids is 1. The topological polar surface area (TPSA) is 110 Å². The highest BCUT2D eigenvalue weighted by Gasteiger charge is 2.16. The van der Waals surface area contributed by atoms with E-state index in [4.69, 9.17) is 9.47 Å². The molecule has 8 heteroatoms. The van der Waals surface area contributed by atoms with Crippen molar-refractivity contribution in [3.8, 4) is 17.4 Å². The predicted molar refractivity (Wildman–Crippen MR) is 71.7 cm³/mol. The van der Waals surface area contributed by atoms with E-state index < -0.39 is 5.97 Å². The van der Waals surface area contributed by atoms with Crippen LogP contribution < -0.4 is 9.47 Å². The van der Waals surface area contributed by atoms with Crippen molar-refractivity contribution >= 4 is 17.1 Å². The van der Waals surface area contributed by atoms with Crippen LogP contribution in [0.25, 0.3) is 11.2 Å². The molecule has 0 aliphatic carbocycles. The van der Waals surface area contributed by atoms with E-state index in [0.29, 0.717) is 16.9 Å². The van der Waals surface area contributed by atoms with Crippen LogP contribution in [0.5, 0.6) is 17.4 Å². The Bertz CT molecular complexity index is 815. The van der Waals surface area contributed by atoms with E-state index in [-0.39, 0.29) is 17.2 Å². The predicted octanol–water partition coefficient (Wildman–Crippen LogP) is 1.85. The SMILES string of the molecule is COc1ccc(Oc2ncnc3nc[nH]c23)c(C(=O)O)c1. The van der Waals surface area contributed by atoms with Gasteiger partial charge in [0, 0.05) is 0 Å². The first-order chi connectivity index (χ1) is 10.2. The zero-order valence-electron chi connectivity index (χ0n) is 10.9. The molecule has 0 fully saturated rings. The fourth-order valence-electron chi connectivity index (χ4n) is 1.82. The molecule has 0 bridgehead atoms. The van der Waals surface area contributed by atoms with E-state index in [1.807, 2.05) is 0 Å². The Kier molecular flexibility index (Phi) is 3.11. The number of hydrogen-bond acceptors (Lipinski definition) is 6. The standard InChI is InChI=1S/C13H10N4O4/c1-20-7-2-3-9(8(4-7)13(18)19)21-12-10-11(15-5-14-10)16-6-17-12/h2-6H,1H3,(H,18,19)(H,14,15,16,17). The number of H-pyrrole nitrogens is 1.